The molecule has 1 aliphatic rings. The molecule has 1 aliphatic heterocycles. The first-order chi connectivity index (χ1) is 14.9. The molecule has 0 aliphatic carbocycles. The van der Waals surface area contributed by atoms with Crippen molar-refractivity contribution in [3.8, 4) is 5.75 Å². The fourth-order valence-corrected chi connectivity index (χ4v) is 5.58. The van der Waals surface area contributed by atoms with Gasteiger partial charge in [0.25, 0.3) is 0 Å². The van der Waals surface area contributed by atoms with Gasteiger partial charge in [-0.3, -0.25) is 4.98 Å². The van der Waals surface area contributed by atoms with Crippen molar-refractivity contribution in [1.29, 1.82) is 0 Å². The summed E-state index contributed by atoms with van der Waals surface area (Å²) in [6.45, 7) is 10.6. The van der Waals surface area contributed by atoms with Crippen LogP contribution in [0.3, 0.4) is 0 Å². The van der Waals surface area contributed by atoms with Crippen molar-refractivity contribution in [2.24, 2.45) is 11.8 Å². The zero-order chi connectivity index (χ0) is 22.3. The van der Waals surface area contributed by atoms with Crippen LogP contribution in [0, 0.1) is 11.8 Å². The summed E-state index contributed by atoms with van der Waals surface area (Å²) in [6.07, 6.45) is 7.75. The Kier molecular flexibility index (Phi) is 9.06. The molecule has 1 fully saturated rings. The lowest BCUT2D eigenvalue weighted by Crippen LogP contribution is -2.42. The highest BCUT2D eigenvalue weighted by molar-refractivity contribution is 8.00. The molecule has 172 valence electrons. The predicted molar refractivity (Wildman–Crippen MR) is 133 cm³/mol. The van der Waals surface area contributed by atoms with E-state index in [0.717, 1.165) is 37.2 Å². The Hall–Kier alpha value is -1.30. The number of likely N-dealkylation sites (tertiary alicyclic amines) is 1. The number of benzene rings is 1. The second kappa shape index (κ2) is 11.5. The lowest BCUT2D eigenvalue weighted by molar-refractivity contribution is 0.0677. The Morgan fingerprint density at radius 3 is 2.77 bits per heavy atom. The molecule has 2 aromatic rings. The normalized spacial score (nSPS) is 20.3. The van der Waals surface area contributed by atoms with E-state index in [1.807, 2.05) is 18.3 Å². The third-order valence-corrected chi connectivity index (χ3v) is 7.78. The summed E-state index contributed by atoms with van der Waals surface area (Å²) < 4.78 is 5.76. The molecule has 0 radical (unpaired) electrons. The van der Waals surface area contributed by atoms with Gasteiger partial charge in [0.15, 0.2) is 0 Å². The van der Waals surface area contributed by atoms with E-state index in [9.17, 15) is 5.11 Å². The van der Waals surface area contributed by atoms with Gasteiger partial charge in [-0.1, -0.05) is 20.8 Å². The molecule has 1 N–H and O–H groups in total. The first-order valence-corrected chi connectivity index (χ1v) is 12.8. The number of rotatable bonds is 10. The minimum Gasteiger partial charge on any atom is -0.497 e. The molecule has 5 heteroatoms. The molecule has 0 spiro atoms. The van der Waals surface area contributed by atoms with Gasteiger partial charge in [-0.15, -0.1) is 0 Å². The van der Waals surface area contributed by atoms with Crippen molar-refractivity contribution in [1.82, 2.24) is 9.88 Å². The molecular weight excluding hydrogens is 404 g/mol. The van der Waals surface area contributed by atoms with Crippen LogP contribution in [0.2, 0.25) is 0 Å². The second-order valence-corrected chi connectivity index (χ2v) is 11.8. The molecule has 31 heavy (non-hydrogen) atoms. The van der Waals surface area contributed by atoms with Crippen LogP contribution < -0.4 is 4.74 Å². The lowest BCUT2D eigenvalue weighted by atomic mass is 9.82. The number of ether oxygens (including phenoxy) is 1. The molecule has 0 bridgehead atoms. The van der Waals surface area contributed by atoms with E-state index in [0.29, 0.717) is 23.2 Å². The summed E-state index contributed by atoms with van der Waals surface area (Å²) in [5.41, 5.74) is 2.38. The Balaban J connectivity index is 1.47. The Morgan fingerprint density at radius 1 is 1.19 bits per heavy atom. The van der Waals surface area contributed by atoms with Gasteiger partial charge in [-0.2, -0.15) is 11.8 Å². The number of piperidine rings is 1. The first-order valence-electron chi connectivity index (χ1n) is 11.8. The van der Waals surface area contributed by atoms with Gasteiger partial charge in [0.1, 0.15) is 5.75 Å². The Bertz CT molecular complexity index is 821. The fraction of sp³-hybridized carbons (Fsp3) is 0.654. The number of pyridine rings is 1. The maximum atomic E-state index is 10.0. The molecule has 1 aromatic carbocycles. The number of hydrogen-bond acceptors (Lipinski definition) is 5. The van der Waals surface area contributed by atoms with Crippen molar-refractivity contribution in [2.75, 3.05) is 39.1 Å². The van der Waals surface area contributed by atoms with E-state index in [4.69, 9.17) is 4.74 Å². The Labute approximate surface area is 192 Å². The molecule has 0 amide bonds. The van der Waals surface area contributed by atoms with Crippen LogP contribution in [0.4, 0.5) is 0 Å². The topological polar surface area (TPSA) is 45.6 Å². The smallest absolute Gasteiger partial charge is 0.119 e. The number of aliphatic hydroxyl groups is 1. The van der Waals surface area contributed by atoms with Gasteiger partial charge in [0, 0.05) is 29.5 Å². The quantitative estimate of drug-likeness (QED) is 0.496. The van der Waals surface area contributed by atoms with E-state index in [1.165, 1.54) is 42.5 Å². The molecule has 2 atom stereocenters. The van der Waals surface area contributed by atoms with Crippen molar-refractivity contribution < 1.29 is 9.84 Å². The second-order valence-electron chi connectivity index (χ2n) is 9.85. The van der Waals surface area contributed by atoms with E-state index < -0.39 is 0 Å². The monoisotopic (exact) mass is 444 g/mol. The molecule has 1 saturated heterocycles. The van der Waals surface area contributed by atoms with Crippen LogP contribution in [0.5, 0.6) is 5.75 Å². The van der Waals surface area contributed by atoms with Crippen molar-refractivity contribution >= 4 is 22.7 Å². The first kappa shape index (κ1) is 24.3. The minimum atomic E-state index is 0.313. The Morgan fingerprint density at radius 2 is 2.03 bits per heavy atom. The van der Waals surface area contributed by atoms with Gasteiger partial charge in [0.05, 0.1) is 12.6 Å². The van der Waals surface area contributed by atoms with Gasteiger partial charge < -0.3 is 14.7 Å². The third-order valence-electron chi connectivity index (χ3n) is 6.42. The highest BCUT2D eigenvalue weighted by Crippen LogP contribution is 2.30. The van der Waals surface area contributed by atoms with E-state index in [-0.39, 0.29) is 0 Å². The number of hydrogen-bond donors (Lipinski definition) is 1. The maximum Gasteiger partial charge on any atom is 0.119 e. The van der Waals surface area contributed by atoms with Crippen LogP contribution in [0.15, 0.2) is 30.5 Å². The molecular formula is C26H40N2O2S. The number of fused-ring (bicyclic) bond motifs is 1. The maximum absolute atomic E-state index is 10.0. The number of aliphatic hydroxyl groups excluding tert-OH is 1. The number of methoxy groups -OCH3 is 1. The van der Waals surface area contributed by atoms with Crippen molar-refractivity contribution in [3.63, 3.8) is 0 Å². The average Bonchev–Trinajstić information content (AvgIpc) is 2.76. The molecule has 4 nitrogen and oxygen atoms in total. The number of thioether (sulfide) groups is 1. The number of nitrogens with zero attached hydrogens (tertiary/aromatic N) is 2. The summed E-state index contributed by atoms with van der Waals surface area (Å²) in [6, 6.07) is 8.25. The SMILES string of the molecule is COc1ccc2nccc(CCC[C@@H]3CCN(CCCSC(C)(C)C)C[C@@H]3CO)c2c1. The number of aryl methyl sites for hydroxylation is 1. The summed E-state index contributed by atoms with van der Waals surface area (Å²) in [4.78, 5) is 7.07. The standard InChI is InChI=1S/C26H40N2O2S/c1-26(2,3)31-16-6-14-28-15-12-20(22(18-28)19-29)7-5-8-21-11-13-27-25-10-9-23(30-4)17-24(21)25/h9-11,13,17,20,22,29H,5-8,12,14-16,18-19H2,1-4H3/t20-,22-/m1/s1. The molecule has 2 heterocycles. The van der Waals surface area contributed by atoms with Crippen LogP contribution in [-0.2, 0) is 6.42 Å². The van der Waals surface area contributed by atoms with Gasteiger partial charge in [0.2, 0.25) is 0 Å². The van der Waals surface area contributed by atoms with Gasteiger partial charge >= 0.3 is 0 Å². The highest BCUT2D eigenvalue weighted by Gasteiger charge is 2.28. The fourth-order valence-electron chi connectivity index (χ4n) is 4.69. The van der Waals surface area contributed by atoms with Crippen molar-refractivity contribution in [3.05, 3.63) is 36.0 Å². The van der Waals surface area contributed by atoms with Crippen LogP contribution >= 0.6 is 11.8 Å². The van der Waals surface area contributed by atoms with Crippen molar-refractivity contribution in [2.45, 2.75) is 57.6 Å². The molecule has 0 unspecified atom stereocenters. The van der Waals surface area contributed by atoms with E-state index in [2.05, 4.69) is 54.5 Å². The van der Waals surface area contributed by atoms with Crippen LogP contribution in [-0.4, -0.2) is 58.8 Å². The summed E-state index contributed by atoms with van der Waals surface area (Å²) in [7, 11) is 1.71. The average molecular weight is 445 g/mol. The summed E-state index contributed by atoms with van der Waals surface area (Å²) in [5.74, 6) is 3.15. The van der Waals surface area contributed by atoms with Crippen LogP contribution in [0.25, 0.3) is 10.9 Å². The van der Waals surface area contributed by atoms with Gasteiger partial charge in [-0.05, 0) is 92.6 Å². The minimum absolute atomic E-state index is 0.313. The van der Waals surface area contributed by atoms with E-state index in [1.54, 1.807) is 7.11 Å². The van der Waals surface area contributed by atoms with Crippen LogP contribution in [0.1, 0.15) is 52.0 Å². The van der Waals surface area contributed by atoms with E-state index >= 15 is 0 Å². The number of aromatic nitrogens is 1. The van der Waals surface area contributed by atoms with Gasteiger partial charge in [-0.25, -0.2) is 0 Å². The predicted octanol–water partition coefficient (Wildman–Crippen LogP) is 5.42. The molecule has 3 rings (SSSR count). The highest BCUT2D eigenvalue weighted by atomic mass is 32.2. The third kappa shape index (κ3) is 7.37. The zero-order valence-corrected chi connectivity index (χ0v) is 20.6. The molecule has 1 aromatic heterocycles. The summed E-state index contributed by atoms with van der Waals surface area (Å²) in [5, 5.41) is 11.2. The largest absolute Gasteiger partial charge is 0.497 e. The summed E-state index contributed by atoms with van der Waals surface area (Å²) >= 11 is 2.05. The molecule has 0 saturated carbocycles. The zero-order valence-electron chi connectivity index (χ0n) is 19.8. The lowest BCUT2D eigenvalue weighted by Gasteiger charge is -2.38.